The van der Waals surface area contributed by atoms with E-state index >= 15 is 0 Å². The van der Waals surface area contributed by atoms with Gasteiger partial charge >= 0.3 is 0 Å². The Morgan fingerprint density at radius 1 is 1.23 bits per heavy atom. The minimum absolute atomic E-state index is 0.403. The first kappa shape index (κ1) is 25.8. The Hall–Kier alpha value is -1.49. The van der Waals surface area contributed by atoms with Gasteiger partial charge in [0.25, 0.3) is 0 Å². The van der Waals surface area contributed by atoms with Gasteiger partial charge in [-0.3, -0.25) is 10.2 Å². The number of aliphatic imine (C=N–C) groups is 1. The predicted octanol–water partition coefficient (Wildman–Crippen LogP) is 7.00. The van der Waals surface area contributed by atoms with Crippen molar-refractivity contribution in [3.63, 3.8) is 0 Å². The first-order valence-electron chi connectivity index (χ1n) is 12.2. The summed E-state index contributed by atoms with van der Waals surface area (Å²) in [5.74, 6) is 1.33. The minimum Gasteiger partial charge on any atom is -0.317 e. The summed E-state index contributed by atoms with van der Waals surface area (Å²) < 4.78 is 0. The molecule has 1 aromatic rings. The molecule has 2 N–H and O–H groups in total. The van der Waals surface area contributed by atoms with E-state index in [0.717, 1.165) is 19.5 Å². The molecule has 0 aromatic heterocycles. The maximum Gasteiger partial charge on any atom is 0.0949 e. The number of nitrogens with one attached hydrogen (secondary N) is 1. The number of rotatable bonds is 5. The van der Waals surface area contributed by atoms with Crippen molar-refractivity contribution in [2.24, 2.45) is 10.9 Å². The lowest BCUT2D eigenvalue weighted by atomic mass is 9.83. The molecule has 1 aliphatic carbocycles. The summed E-state index contributed by atoms with van der Waals surface area (Å²) in [4.78, 5) is 9.07. The number of piperidine rings is 1. The lowest BCUT2D eigenvalue weighted by Crippen LogP contribution is -2.31. The molecule has 0 amide bonds. The Balaban J connectivity index is 0.000000501. The normalized spacial score (nSPS) is 20.7. The molecule has 31 heavy (non-hydrogen) atoms. The standard InChI is InChI=1S/C23H34N2.C4H10O2/c1-4-5-9-23(25-18(3)19-12-14-24-15-13-19)21-11-10-20-8-6-7-17(2)22(20)16-21;1-4(2,3)6-5/h9-11,16-17,19,24H,4-8,12-15H2,1-3H3;5H,1-3H3/b23-9-,25-18?;. The van der Waals surface area contributed by atoms with Crippen molar-refractivity contribution >= 4 is 11.4 Å². The molecule has 3 rings (SSSR count). The summed E-state index contributed by atoms with van der Waals surface area (Å²) in [6.07, 6.45) is 11.0. The average Bonchev–Trinajstić information content (AvgIpc) is 2.77. The number of hydrogen-bond donors (Lipinski definition) is 2. The molecule has 4 nitrogen and oxygen atoms in total. The molecule has 0 radical (unpaired) electrons. The van der Waals surface area contributed by atoms with E-state index in [1.165, 1.54) is 55.5 Å². The molecule has 1 atom stereocenters. The van der Waals surface area contributed by atoms with Gasteiger partial charge < -0.3 is 5.32 Å². The number of allylic oxidation sites excluding steroid dienone is 1. The molecule has 2 aliphatic rings. The van der Waals surface area contributed by atoms with Crippen LogP contribution in [0, 0.1) is 5.92 Å². The van der Waals surface area contributed by atoms with E-state index < -0.39 is 5.60 Å². The Bertz CT molecular complexity index is 740. The second-order valence-electron chi connectivity index (χ2n) is 10.1. The summed E-state index contributed by atoms with van der Waals surface area (Å²) in [6.45, 7) is 14.4. The number of benzene rings is 1. The molecule has 0 saturated carbocycles. The van der Waals surface area contributed by atoms with Gasteiger partial charge in [0.1, 0.15) is 0 Å². The molecule has 1 saturated heterocycles. The van der Waals surface area contributed by atoms with Crippen LogP contribution in [-0.2, 0) is 11.3 Å². The molecular weight excluding hydrogens is 384 g/mol. The maximum atomic E-state index is 7.90. The summed E-state index contributed by atoms with van der Waals surface area (Å²) in [5, 5.41) is 11.4. The van der Waals surface area contributed by atoms with E-state index in [4.69, 9.17) is 10.2 Å². The van der Waals surface area contributed by atoms with Crippen molar-refractivity contribution in [3.8, 4) is 0 Å². The van der Waals surface area contributed by atoms with Crippen molar-refractivity contribution in [2.45, 2.75) is 98.0 Å². The van der Waals surface area contributed by atoms with Crippen LogP contribution in [0.15, 0.2) is 29.3 Å². The van der Waals surface area contributed by atoms with Crippen molar-refractivity contribution < 1.29 is 10.1 Å². The molecule has 1 aromatic carbocycles. The molecule has 0 spiro atoms. The van der Waals surface area contributed by atoms with Gasteiger partial charge in [-0.1, -0.05) is 38.5 Å². The summed E-state index contributed by atoms with van der Waals surface area (Å²) in [5.41, 5.74) is 6.53. The highest BCUT2D eigenvalue weighted by atomic mass is 17.1. The number of aryl methyl sites for hydroxylation is 1. The van der Waals surface area contributed by atoms with Crippen LogP contribution in [0.25, 0.3) is 5.70 Å². The monoisotopic (exact) mass is 428 g/mol. The van der Waals surface area contributed by atoms with Gasteiger partial charge in [-0.05, 0) is 108 Å². The molecule has 1 heterocycles. The van der Waals surface area contributed by atoms with Crippen LogP contribution in [0.2, 0.25) is 0 Å². The van der Waals surface area contributed by atoms with Crippen LogP contribution in [-0.4, -0.2) is 29.7 Å². The zero-order valence-corrected chi connectivity index (χ0v) is 20.6. The summed E-state index contributed by atoms with van der Waals surface area (Å²) in [6, 6.07) is 7.09. The largest absolute Gasteiger partial charge is 0.317 e. The van der Waals surface area contributed by atoms with Gasteiger partial charge in [-0.2, -0.15) is 0 Å². The summed E-state index contributed by atoms with van der Waals surface area (Å²) >= 11 is 0. The van der Waals surface area contributed by atoms with E-state index in [1.54, 1.807) is 31.9 Å². The third-order valence-electron chi connectivity index (χ3n) is 6.18. The Labute approximate surface area is 190 Å². The zero-order chi connectivity index (χ0) is 22.9. The average molecular weight is 429 g/mol. The lowest BCUT2D eigenvalue weighted by molar-refractivity contribution is -0.306. The first-order valence-corrected chi connectivity index (χ1v) is 12.2. The topological polar surface area (TPSA) is 53.9 Å². The number of hydrogen-bond acceptors (Lipinski definition) is 4. The highest BCUT2D eigenvalue weighted by molar-refractivity contribution is 5.90. The zero-order valence-electron chi connectivity index (χ0n) is 20.6. The maximum absolute atomic E-state index is 7.90. The van der Waals surface area contributed by atoms with Gasteiger partial charge in [-0.25, -0.2) is 4.89 Å². The number of fused-ring (bicyclic) bond motifs is 1. The minimum atomic E-state index is -0.403. The second-order valence-corrected chi connectivity index (χ2v) is 10.1. The van der Waals surface area contributed by atoms with E-state index in [0.29, 0.717) is 11.8 Å². The fourth-order valence-electron chi connectivity index (χ4n) is 4.22. The molecule has 4 heteroatoms. The highest BCUT2D eigenvalue weighted by Gasteiger charge is 2.19. The van der Waals surface area contributed by atoms with Crippen LogP contribution < -0.4 is 5.32 Å². The van der Waals surface area contributed by atoms with E-state index in [1.807, 2.05) is 0 Å². The first-order chi connectivity index (χ1) is 14.7. The van der Waals surface area contributed by atoms with Crippen LogP contribution in [0.5, 0.6) is 0 Å². The molecule has 1 unspecified atom stereocenters. The number of unbranched alkanes of at least 4 members (excludes halogenated alkanes) is 1. The van der Waals surface area contributed by atoms with Gasteiger partial charge in [0, 0.05) is 11.3 Å². The van der Waals surface area contributed by atoms with Gasteiger partial charge in [0.2, 0.25) is 0 Å². The van der Waals surface area contributed by atoms with Gasteiger partial charge in [0.05, 0.1) is 11.3 Å². The van der Waals surface area contributed by atoms with E-state index in [-0.39, 0.29) is 0 Å². The SMILES string of the molecule is CC(C)(C)OO.CCC/C=C(\N=C(C)C1CCNCC1)c1ccc2c(c1)C(C)CCC2. The van der Waals surface area contributed by atoms with E-state index in [2.05, 4.69) is 55.3 Å². The van der Waals surface area contributed by atoms with E-state index in [9.17, 15) is 0 Å². The fourth-order valence-corrected chi connectivity index (χ4v) is 4.22. The molecule has 1 aliphatic heterocycles. The fraction of sp³-hybridized carbons (Fsp3) is 0.667. The van der Waals surface area contributed by atoms with Crippen molar-refractivity contribution in [2.75, 3.05) is 13.1 Å². The molecule has 1 fully saturated rings. The number of nitrogens with zero attached hydrogens (tertiary/aromatic N) is 1. The Morgan fingerprint density at radius 2 is 1.90 bits per heavy atom. The Morgan fingerprint density at radius 3 is 2.52 bits per heavy atom. The molecular formula is C27H44N2O2. The van der Waals surface area contributed by atoms with Crippen LogP contribution in [0.4, 0.5) is 0 Å². The quantitative estimate of drug-likeness (QED) is 0.301. The molecule has 0 bridgehead atoms. The van der Waals surface area contributed by atoms with Crippen molar-refractivity contribution in [1.82, 2.24) is 5.32 Å². The van der Waals surface area contributed by atoms with Crippen LogP contribution >= 0.6 is 0 Å². The van der Waals surface area contributed by atoms with Crippen LogP contribution in [0.3, 0.4) is 0 Å². The lowest BCUT2D eigenvalue weighted by Gasteiger charge is -2.24. The van der Waals surface area contributed by atoms with Gasteiger partial charge in [-0.15, -0.1) is 0 Å². The van der Waals surface area contributed by atoms with Gasteiger partial charge in [0.15, 0.2) is 0 Å². The third-order valence-corrected chi connectivity index (χ3v) is 6.18. The second kappa shape index (κ2) is 12.5. The van der Waals surface area contributed by atoms with Crippen LogP contribution in [0.1, 0.15) is 103 Å². The predicted molar refractivity (Wildman–Crippen MR) is 133 cm³/mol. The Kier molecular flexibility index (Phi) is 10.4. The highest BCUT2D eigenvalue weighted by Crippen LogP contribution is 2.33. The summed E-state index contributed by atoms with van der Waals surface area (Å²) in [7, 11) is 0. The van der Waals surface area contributed by atoms with Crippen molar-refractivity contribution in [1.29, 1.82) is 0 Å². The molecule has 174 valence electrons. The third kappa shape index (κ3) is 8.51. The smallest absolute Gasteiger partial charge is 0.0949 e. The van der Waals surface area contributed by atoms with Crippen molar-refractivity contribution in [3.05, 3.63) is 41.0 Å².